The predicted molar refractivity (Wildman–Crippen MR) is 64.3 cm³/mol. The molecule has 1 amide bonds. The van der Waals surface area contributed by atoms with E-state index in [1.54, 1.807) is 12.1 Å². The topological polar surface area (TPSA) is 102 Å². The highest BCUT2D eigenvalue weighted by Gasteiger charge is 2.30. The number of rotatable bonds is 3. The highest BCUT2D eigenvalue weighted by Crippen LogP contribution is 2.25. The molecular weight excluding hydrogens is 256 g/mol. The number of hydrogen-bond donors (Lipinski definition) is 2. The monoisotopic (exact) mass is 265 g/mol. The van der Waals surface area contributed by atoms with E-state index < -0.39 is 11.2 Å². The molecule has 0 unspecified atom stereocenters. The summed E-state index contributed by atoms with van der Waals surface area (Å²) in [6.45, 7) is 0. The van der Waals surface area contributed by atoms with Crippen molar-refractivity contribution in [2.24, 2.45) is 4.99 Å². The number of carbonyl (C=O) groups excluding carboxylic acids is 2. The highest BCUT2D eigenvalue weighted by atomic mass is 32.2. The smallest absolute Gasteiger partial charge is 0.239 e. The van der Waals surface area contributed by atoms with Crippen molar-refractivity contribution in [3.63, 3.8) is 0 Å². The van der Waals surface area contributed by atoms with Gasteiger partial charge in [-0.2, -0.15) is 0 Å². The SMILES string of the molecule is O=C([O-])C[C@H]1SC(=Nc2ccc(O)cc2)NC1=O. The summed E-state index contributed by atoms with van der Waals surface area (Å²) in [6, 6.07) is 6.11. The number of carboxylic acids is 1. The Hall–Kier alpha value is -2.02. The zero-order valence-electron chi connectivity index (χ0n) is 9.12. The summed E-state index contributed by atoms with van der Waals surface area (Å²) in [7, 11) is 0. The standard InChI is InChI=1S/C11H10N2O4S/c14-7-3-1-6(2-4-7)12-11-13-10(17)8(18-11)5-9(15)16/h1-4,8,14H,5H2,(H,15,16)(H,12,13,17)/p-1/t8-/m1/s1. The summed E-state index contributed by atoms with van der Waals surface area (Å²) in [5.41, 5.74) is 0.560. The summed E-state index contributed by atoms with van der Waals surface area (Å²) >= 11 is 1.05. The Balaban J connectivity index is 2.09. The summed E-state index contributed by atoms with van der Waals surface area (Å²) < 4.78 is 0. The fraction of sp³-hybridized carbons (Fsp3) is 0.182. The minimum absolute atomic E-state index is 0.122. The van der Waals surface area contributed by atoms with Crippen LogP contribution in [0.15, 0.2) is 29.3 Å². The third-order valence-electron chi connectivity index (χ3n) is 2.21. The number of carbonyl (C=O) groups is 2. The predicted octanol–water partition coefficient (Wildman–Crippen LogP) is -0.249. The van der Waals surface area contributed by atoms with Gasteiger partial charge in [-0.15, -0.1) is 0 Å². The number of hydrogen-bond acceptors (Lipinski definition) is 6. The first-order valence-electron chi connectivity index (χ1n) is 5.09. The Kier molecular flexibility index (Phi) is 3.52. The van der Waals surface area contributed by atoms with Crippen molar-refractivity contribution >= 4 is 34.5 Å². The number of benzene rings is 1. The minimum atomic E-state index is -1.27. The van der Waals surface area contributed by atoms with Crippen LogP contribution in [0.4, 0.5) is 5.69 Å². The number of amides is 1. The lowest BCUT2D eigenvalue weighted by molar-refractivity contribution is -0.305. The van der Waals surface area contributed by atoms with Crippen molar-refractivity contribution in [3.05, 3.63) is 24.3 Å². The van der Waals surface area contributed by atoms with Crippen molar-refractivity contribution < 1.29 is 19.8 Å². The van der Waals surface area contributed by atoms with Gasteiger partial charge in [0, 0.05) is 12.4 Å². The molecule has 0 aromatic heterocycles. The number of nitrogens with zero attached hydrogens (tertiary/aromatic N) is 1. The normalized spacial score (nSPS) is 21.0. The van der Waals surface area contributed by atoms with E-state index in [2.05, 4.69) is 10.3 Å². The van der Waals surface area contributed by atoms with Crippen LogP contribution in [0.2, 0.25) is 0 Å². The molecule has 1 aromatic carbocycles. The maximum Gasteiger partial charge on any atom is 0.239 e. The molecule has 0 bridgehead atoms. The number of aliphatic carboxylic acids is 1. The molecule has 1 atom stereocenters. The van der Waals surface area contributed by atoms with E-state index in [1.165, 1.54) is 12.1 Å². The lowest BCUT2D eigenvalue weighted by atomic mass is 10.3. The average Bonchev–Trinajstić information content (AvgIpc) is 2.62. The van der Waals surface area contributed by atoms with Crippen LogP contribution in [0.3, 0.4) is 0 Å². The largest absolute Gasteiger partial charge is 0.550 e. The Morgan fingerprint density at radius 3 is 2.72 bits per heavy atom. The zero-order valence-corrected chi connectivity index (χ0v) is 9.94. The molecule has 0 saturated carbocycles. The Morgan fingerprint density at radius 2 is 2.11 bits per heavy atom. The minimum Gasteiger partial charge on any atom is -0.550 e. The molecule has 0 spiro atoms. The molecule has 2 rings (SSSR count). The molecule has 6 nitrogen and oxygen atoms in total. The molecule has 1 aliphatic heterocycles. The van der Waals surface area contributed by atoms with E-state index in [0.717, 1.165) is 11.8 Å². The van der Waals surface area contributed by atoms with Crippen LogP contribution < -0.4 is 10.4 Å². The van der Waals surface area contributed by atoms with Gasteiger partial charge in [0.1, 0.15) is 5.75 Å². The summed E-state index contributed by atoms with van der Waals surface area (Å²) in [5.74, 6) is -1.54. The number of aromatic hydroxyl groups is 1. The molecule has 1 aromatic rings. The fourth-order valence-electron chi connectivity index (χ4n) is 1.39. The maximum atomic E-state index is 11.4. The van der Waals surface area contributed by atoms with Gasteiger partial charge in [-0.1, -0.05) is 11.8 Å². The lowest BCUT2D eigenvalue weighted by Gasteiger charge is -2.04. The van der Waals surface area contributed by atoms with Gasteiger partial charge in [0.2, 0.25) is 5.91 Å². The van der Waals surface area contributed by atoms with Crippen LogP contribution in [0.25, 0.3) is 0 Å². The number of carboxylic acid groups (broad SMARTS) is 1. The van der Waals surface area contributed by atoms with E-state index in [9.17, 15) is 14.7 Å². The van der Waals surface area contributed by atoms with Gasteiger partial charge < -0.3 is 20.3 Å². The molecule has 1 saturated heterocycles. The number of aliphatic imine (C=N–C) groups is 1. The van der Waals surface area contributed by atoms with Gasteiger partial charge in [-0.05, 0) is 24.3 Å². The second-order valence-electron chi connectivity index (χ2n) is 3.61. The van der Waals surface area contributed by atoms with Crippen molar-refractivity contribution in [1.29, 1.82) is 0 Å². The quantitative estimate of drug-likeness (QED) is 0.784. The van der Waals surface area contributed by atoms with Crippen LogP contribution >= 0.6 is 11.8 Å². The van der Waals surface area contributed by atoms with Gasteiger partial charge in [0.05, 0.1) is 10.9 Å². The summed E-state index contributed by atoms with van der Waals surface area (Å²) in [6.07, 6.45) is -0.342. The Morgan fingerprint density at radius 1 is 1.44 bits per heavy atom. The van der Waals surface area contributed by atoms with Crippen LogP contribution in [-0.4, -0.2) is 27.4 Å². The van der Waals surface area contributed by atoms with Crippen molar-refractivity contribution in [1.82, 2.24) is 5.32 Å². The first-order chi connectivity index (χ1) is 8.54. The Bertz CT molecular complexity index is 512. The van der Waals surface area contributed by atoms with Crippen LogP contribution in [-0.2, 0) is 9.59 Å². The van der Waals surface area contributed by atoms with E-state index in [1.807, 2.05) is 0 Å². The molecular formula is C11H9N2O4S-. The maximum absolute atomic E-state index is 11.4. The van der Waals surface area contributed by atoms with E-state index in [4.69, 9.17) is 5.11 Å². The fourth-order valence-corrected chi connectivity index (χ4v) is 2.36. The van der Waals surface area contributed by atoms with Gasteiger partial charge in [0.25, 0.3) is 0 Å². The molecule has 7 heteroatoms. The first kappa shape index (κ1) is 12.4. The Labute approximate surface area is 107 Å². The molecule has 2 N–H and O–H groups in total. The third-order valence-corrected chi connectivity index (χ3v) is 3.29. The average molecular weight is 265 g/mol. The van der Waals surface area contributed by atoms with Crippen molar-refractivity contribution in [3.8, 4) is 5.75 Å². The van der Waals surface area contributed by atoms with Crippen LogP contribution in [0, 0.1) is 0 Å². The summed E-state index contributed by atoms with van der Waals surface area (Å²) in [5, 5.41) is 21.7. The van der Waals surface area contributed by atoms with Crippen LogP contribution in [0.1, 0.15) is 6.42 Å². The number of amidine groups is 1. The zero-order chi connectivity index (χ0) is 13.1. The van der Waals surface area contributed by atoms with E-state index in [0.29, 0.717) is 10.9 Å². The molecule has 18 heavy (non-hydrogen) atoms. The van der Waals surface area contributed by atoms with Crippen LogP contribution in [0.5, 0.6) is 5.75 Å². The first-order valence-corrected chi connectivity index (χ1v) is 5.97. The van der Waals surface area contributed by atoms with E-state index in [-0.39, 0.29) is 18.1 Å². The molecule has 1 heterocycles. The highest BCUT2D eigenvalue weighted by molar-refractivity contribution is 8.15. The van der Waals surface area contributed by atoms with Gasteiger partial charge in [-0.3, -0.25) is 4.79 Å². The molecule has 0 aliphatic carbocycles. The van der Waals surface area contributed by atoms with Crippen molar-refractivity contribution in [2.75, 3.05) is 0 Å². The number of nitrogens with one attached hydrogen (secondary N) is 1. The van der Waals surface area contributed by atoms with E-state index >= 15 is 0 Å². The van der Waals surface area contributed by atoms with Gasteiger partial charge >= 0.3 is 0 Å². The van der Waals surface area contributed by atoms with Gasteiger partial charge in [0.15, 0.2) is 5.17 Å². The second-order valence-corrected chi connectivity index (χ2v) is 4.80. The lowest BCUT2D eigenvalue weighted by Crippen LogP contribution is -2.31. The molecule has 0 radical (unpaired) electrons. The van der Waals surface area contributed by atoms with Gasteiger partial charge in [-0.25, -0.2) is 4.99 Å². The molecule has 94 valence electrons. The number of phenolic OH excluding ortho intramolecular Hbond substituents is 1. The second kappa shape index (κ2) is 5.09. The van der Waals surface area contributed by atoms with Crippen molar-refractivity contribution in [2.45, 2.75) is 11.7 Å². The third kappa shape index (κ3) is 3.01. The summed E-state index contributed by atoms with van der Waals surface area (Å²) in [4.78, 5) is 26.0. The number of thioether (sulfide) groups is 1. The molecule has 1 aliphatic rings. The molecule has 1 fully saturated rings. The number of phenols is 1.